The van der Waals surface area contributed by atoms with Gasteiger partial charge in [0.25, 0.3) is 0 Å². The minimum atomic E-state index is -0.234. The minimum absolute atomic E-state index is 0.234. The number of nitrogens with zero attached hydrogens (tertiary/aromatic N) is 2. The molecule has 6 heteroatoms. The van der Waals surface area contributed by atoms with Gasteiger partial charge in [-0.3, -0.25) is 0 Å². The number of amides is 2. The van der Waals surface area contributed by atoms with Gasteiger partial charge < -0.3 is 16.0 Å². The van der Waals surface area contributed by atoms with Crippen molar-refractivity contribution >= 4 is 23.6 Å². The molecule has 2 amide bonds. The molecule has 0 bridgehead atoms. The molecule has 0 unspecified atom stereocenters. The Hall–Kier alpha value is -2.76. The molecule has 2 aromatic rings. The number of hydrogen-bond donors (Lipinski definition) is 3. The van der Waals surface area contributed by atoms with E-state index in [1.807, 2.05) is 30.5 Å². The first-order valence-corrected chi connectivity index (χ1v) is 6.19. The van der Waals surface area contributed by atoms with Gasteiger partial charge in [-0.25, -0.2) is 9.48 Å². The van der Waals surface area contributed by atoms with Gasteiger partial charge in [0.05, 0.1) is 6.20 Å². The van der Waals surface area contributed by atoms with Crippen molar-refractivity contribution in [3.8, 4) is 0 Å². The Morgan fingerprint density at radius 1 is 1.35 bits per heavy atom. The SMILES string of the molecule is C=Cn1cc(CNc2ccc(NC(=O)NC)cc2)cn1. The van der Waals surface area contributed by atoms with Crippen LogP contribution in [0.1, 0.15) is 5.56 Å². The molecule has 6 nitrogen and oxygen atoms in total. The first-order chi connectivity index (χ1) is 9.71. The van der Waals surface area contributed by atoms with E-state index in [1.54, 1.807) is 24.1 Å². The molecule has 0 aliphatic rings. The standard InChI is InChI=1S/C14H17N5O/c1-3-19-10-11(9-17-19)8-16-12-4-6-13(7-5-12)18-14(20)15-2/h3-7,9-10,16H,1,8H2,2H3,(H2,15,18,20). The van der Waals surface area contributed by atoms with Gasteiger partial charge in [0.1, 0.15) is 0 Å². The topological polar surface area (TPSA) is 71.0 Å². The average molecular weight is 271 g/mol. The maximum atomic E-state index is 11.2. The zero-order chi connectivity index (χ0) is 14.4. The van der Waals surface area contributed by atoms with E-state index in [2.05, 4.69) is 27.6 Å². The van der Waals surface area contributed by atoms with Crippen molar-refractivity contribution in [2.24, 2.45) is 0 Å². The summed E-state index contributed by atoms with van der Waals surface area (Å²) < 4.78 is 1.66. The van der Waals surface area contributed by atoms with Crippen LogP contribution >= 0.6 is 0 Å². The van der Waals surface area contributed by atoms with Crippen LogP contribution in [-0.2, 0) is 6.54 Å². The number of anilines is 2. The van der Waals surface area contributed by atoms with Gasteiger partial charge in [-0.05, 0) is 24.3 Å². The smallest absolute Gasteiger partial charge is 0.318 e. The summed E-state index contributed by atoms with van der Waals surface area (Å²) in [5, 5.41) is 12.6. The van der Waals surface area contributed by atoms with Crippen LogP contribution in [0.4, 0.5) is 16.2 Å². The second kappa shape index (κ2) is 6.42. The van der Waals surface area contributed by atoms with Gasteiger partial charge in [0.2, 0.25) is 0 Å². The molecule has 2 rings (SSSR count). The summed E-state index contributed by atoms with van der Waals surface area (Å²) >= 11 is 0. The molecule has 0 fully saturated rings. The van der Waals surface area contributed by atoms with Crippen LogP contribution in [0.5, 0.6) is 0 Å². The summed E-state index contributed by atoms with van der Waals surface area (Å²) in [4.78, 5) is 11.2. The van der Waals surface area contributed by atoms with Crippen molar-refractivity contribution in [2.75, 3.05) is 17.7 Å². The highest BCUT2D eigenvalue weighted by Crippen LogP contribution is 2.14. The number of urea groups is 1. The molecule has 0 saturated carbocycles. The molecule has 1 heterocycles. The summed E-state index contributed by atoms with van der Waals surface area (Å²) in [6.45, 7) is 4.32. The zero-order valence-corrected chi connectivity index (χ0v) is 11.3. The molecule has 20 heavy (non-hydrogen) atoms. The number of benzene rings is 1. The number of carbonyl (C=O) groups excluding carboxylic acids is 1. The lowest BCUT2D eigenvalue weighted by Gasteiger charge is -2.07. The average Bonchev–Trinajstić information content (AvgIpc) is 2.94. The Labute approximate surface area is 117 Å². The Bertz CT molecular complexity index is 588. The molecule has 0 atom stereocenters. The molecule has 0 radical (unpaired) electrons. The number of rotatable bonds is 5. The third-order valence-electron chi connectivity index (χ3n) is 2.71. The Morgan fingerprint density at radius 2 is 2.05 bits per heavy atom. The summed E-state index contributed by atoms with van der Waals surface area (Å²) in [5.41, 5.74) is 2.78. The van der Waals surface area contributed by atoms with E-state index < -0.39 is 0 Å². The van der Waals surface area contributed by atoms with Gasteiger partial charge >= 0.3 is 6.03 Å². The van der Waals surface area contributed by atoms with E-state index in [1.165, 1.54) is 0 Å². The van der Waals surface area contributed by atoms with Crippen molar-refractivity contribution < 1.29 is 4.79 Å². The highest BCUT2D eigenvalue weighted by molar-refractivity contribution is 5.89. The lowest BCUT2D eigenvalue weighted by atomic mass is 10.2. The molecule has 3 N–H and O–H groups in total. The van der Waals surface area contributed by atoms with Gasteiger partial charge in [0.15, 0.2) is 0 Å². The Morgan fingerprint density at radius 3 is 2.65 bits per heavy atom. The second-order valence-corrected chi connectivity index (χ2v) is 4.15. The summed E-state index contributed by atoms with van der Waals surface area (Å²) in [6, 6.07) is 7.25. The van der Waals surface area contributed by atoms with Gasteiger partial charge in [0, 0.05) is 42.9 Å². The van der Waals surface area contributed by atoms with Crippen molar-refractivity contribution in [1.82, 2.24) is 15.1 Å². The molecule has 0 saturated heterocycles. The van der Waals surface area contributed by atoms with Crippen LogP contribution in [0, 0.1) is 0 Å². The predicted octanol–water partition coefficient (Wildman–Crippen LogP) is 2.35. The van der Waals surface area contributed by atoms with E-state index >= 15 is 0 Å². The highest BCUT2D eigenvalue weighted by Gasteiger charge is 2.00. The van der Waals surface area contributed by atoms with Crippen LogP contribution in [0.25, 0.3) is 6.20 Å². The molecule has 1 aromatic heterocycles. The maximum absolute atomic E-state index is 11.2. The normalized spacial score (nSPS) is 9.85. The molecular formula is C14H17N5O. The van der Waals surface area contributed by atoms with Gasteiger partial charge in [-0.2, -0.15) is 5.10 Å². The molecule has 1 aromatic carbocycles. The monoisotopic (exact) mass is 271 g/mol. The van der Waals surface area contributed by atoms with E-state index in [-0.39, 0.29) is 6.03 Å². The third kappa shape index (κ3) is 3.61. The first-order valence-electron chi connectivity index (χ1n) is 6.19. The fourth-order valence-electron chi connectivity index (χ4n) is 1.64. The van der Waals surface area contributed by atoms with E-state index in [4.69, 9.17) is 0 Å². The second-order valence-electron chi connectivity index (χ2n) is 4.15. The first kappa shape index (κ1) is 13.7. The molecule has 0 aliphatic heterocycles. The Kier molecular flexibility index (Phi) is 4.39. The Balaban J connectivity index is 1.90. The predicted molar refractivity (Wildman–Crippen MR) is 80.5 cm³/mol. The van der Waals surface area contributed by atoms with Crippen molar-refractivity contribution in [2.45, 2.75) is 6.54 Å². The lowest BCUT2D eigenvalue weighted by molar-refractivity contribution is 0.254. The van der Waals surface area contributed by atoms with Crippen LogP contribution < -0.4 is 16.0 Å². The number of nitrogens with one attached hydrogen (secondary N) is 3. The van der Waals surface area contributed by atoms with Crippen LogP contribution in [-0.4, -0.2) is 22.9 Å². The van der Waals surface area contributed by atoms with Crippen LogP contribution in [0.3, 0.4) is 0 Å². The van der Waals surface area contributed by atoms with Crippen molar-refractivity contribution in [3.63, 3.8) is 0 Å². The van der Waals surface area contributed by atoms with E-state index in [0.29, 0.717) is 6.54 Å². The highest BCUT2D eigenvalue weighted by atomic mass is 16.2. The van der Waals surface area contributed by atoms with Crippen molar-refractivity contribution in [1.29, 1.82) is 0 Å². The van der Waals surface area contributed by atoms with Crippen molar-refractivity contribution in [3.05, 3.63) is 48.8 Å². The van der Waals surface area contributed by atoms with E-state index in [9.17, 15) is 4.79 Å². The van der Waals surface area contributed by atoms with Crippen LogP contribution in [0.15, 0.2) is 43.2 Å². The quantitative estimate of drug-likeness (QED) is 0.781. The fourth-order valence-corrected chi connectivity index (χ4v) is 1.64. The largest absolute Gasteiger partial charge is 0.381 e. The van der Waals surface area contributed by atoms with Gasteiger partial charge in [-0.1, -0.05) is 6.58 Å². The molecular weight excluding hydrogens is 254 g/mol. The number of hydrogen-bond acceptors (Lipinski definition) is 3. The third-order valence-corrected chi connectivity index (χ3v) is 2.71. The molecule has 104 valence electrons. The number of carbonyl (C=O) groups is 1. The summed E-state index contributed by atoms with van der Waals surface area (Å²) in [6.07, 6.45) is 5.33. The number of aromatic nitrogens is 2. The van der Waals surface area contributed by atoms with Gasteiger partial charge in [-0.15, -0.1) is 0 Å². The maximum Gasteiger partial charge on any atom is 0.318 e. The molecule has 0 aliphatic carbocycles. The van der Waals surface area contributed by atoms with Crippen LogP contribution in [0.2, 0.25) is 0 Å². The zero-order valence-electron chi connectivity index (χ0n) is 11.3. The van der Waals surface area contributed by atoms with E-state index in [0.717, 1.165) is 16.9 Å². The molecule has 0 spiro atoms. The summed E-state index contributed by atoms with van der Waals surface area (Å²) in [7, 11) is 1.58. The minimum Gasteiger partial charge on any atom is -0.381 e. The lowest BCUT2D eigenvalue weighted by Crippen LogP contribution is -2.24. The summed E-state index contributed by atoms with van der Waals surface area (Å²) in [5.74, 6) is 0. The fraction of sp³-hybridized carbons (Fsp3) is 0.143.